The standard InChI is InChI=1S/C29H34O5/c1-29(2,3)34-28(31)20-10-21-5-11-23(12-6-21)24-13-17-26(18-14-24)33-27(30)19-9-22-7-15-25(32-4)16-8-22/h5-12,15-16,19-20,24,26H,13-14,17-18H2,1-4H3/b19-9+,20-10+. The molecule has 180 valence electrons. The van der Waals surface area contributed by atoms with E-state index in [2.05, 4.69) is 12.1 Å². The van der Waals surface area contributed by atoms with E-state index in [0.29, 0.717) is 5.92 Å². The van der Waals surface area contributed by atoms with E-state index >= 15 is 0 Å². The maximum Gasteiger partial charge on any atom is 0.331 e. The second-order valence-electron chi connectivity index (χ2n) is 9.55. The molecule has 1 fully saturated rings. The van der Waals surface area contributed by atoms with Crippen molar-refractivity contribution in [2.75, 3.05) is 7.11 Å². The molecule has 0 spiro atoms. The number of rotatable bonds is 7. The molecule has 5 heteroatoms. The Hall–Kier alpha value is -3.34. The highest BCUT2D eigenvalue weighted by Crippen LogP contribution is 2.34. The van der Waals surface area contributed by atoms with Crippen molar-refractivity contribution in [1.29, 1.82) is 0 Å². The van der Waals surface area contributed by atoms with E-state index in [1.165, 1.54) is 17.7 Å². The molecule has 0 atom stereocenters. The zero-order chi connectivity index (χ0) is 24.6. The first-order chi connectivity index (χ1) is 16.2. The lowest BCUT2D eigenvalue weighted by Crippen LogP contribution is -2.23. The Balaban J connectivity index is 1.44. The molecule has 0 radical (unpaired) electrons. The molecule has 1 aliphatic carbocycles. The van der Waals surface area contributed by atoms with Gasteiger partial charge in [-0.3, -0.25) is 0 Å². The average Bonchev–Trinajstić information content (AvgIpc) is 2.81. The zero-order valence-electron chi connectivity index (χ0n) is 20.5. The van der Waals surface area contributed by atoms with Crippen molar-refractivity contribution in [2.24, 2.45) is 0 Å². The molecule has 34 heavy (non-hydrogen) atoms. The third kappa shape index (κ3) is 8.22. The third-order valence-electron chi connectivity index (χ3n) is 5.71. The predicted octanol–water partition coefficient (Wildman–Crippen LogP) is 6.33. The topological polar surface area (TPSA) is 61.8 Å². The van der Waals surface area contributed by atoms with E-state index in [-0.39, 0.29) is 18.0 Å². The number of esters is 2. The van der Waals surface area contributed by atoms with Gasteiger partial charge in [-0.2, -0.15) is 0 Å². The van der Waals surface area contributed by atoms with Crippen LogP contribution in [0.5, 0.6) is 5.75 Å². The summed E-state index contributed by atoms with van der Waals surface area (Å²) >= 11 is 0. The highest BCUT2D eigenvalue weighted by atomic mass is 16.6. The number of hydrogen-bond donors (Lipinski definition) is 0. The molecule has 0 unspecified atom stereocenters. The highest BCUT2D eigenvalue weighted by molar-refractivity contribution is 5.87. The van der Waals surface area contributed by atoms with Crippen molar-refractivity contribution in [1.82, 2.24) is 0 Å². The van der Waals surface area contributed by atoms with E-state index in [1.807, 2.05) is 57.2 Å². The van der Waals surface area contributed by atoms with Crippen LogP contribution in [0, 0.1) is 0 Å². The fraction of sp³-hybridized carbons (Fsp3) is 0.379. The Morgan fingerprint density at radius 1 is 0.794 bits per heavy atom. The van der Waals surface area contributed by atoms with Crippen LogP contribution in [-0.4, -0.2) is 30.8 Å². The molecule has 0 amide bonds. The van der Waals surface area contributed by atoms with Crippen LogP contribution in [0.1, 0.15) is 69.1 Å². The van der Waals surface area contributed by atoms with Crippen molar-refractivity contribution in [3.8, 4) is 5.75 Å². The lowest BCUT2D eigenvalue weighted by molar-refractivity contribution is -0.148. The van der Waals surface area contributed by atoms with E-state index in [9.17, 15) is 9.59 Å². The predicted molar refractivity (Wildman–Crippen MR) is 134 cm³/mol. The zero-order valence-corrected chi connectivity index (χ0v) is 20.5. The van der Waals surface area contributed by atoms with Crippen LogP contribution >= 0.6 is 0 Å². The first kappa shape index (κ1) is 25.3. The van der Waals surface area contributed by atoms with Crippen molar-refractivity contribution in [3.05, 3.63) is 77.4 Å². The minimum absolute atomic E-state index is 0.0414. The quantitative estimate of drug-likeness (QED) is 0.355. The number of carbonyl (C=O) groups excluding carboxylic acids is 2. The Morgan fingerprint density at radius 2 is 1.32 bits per heavy atom. The molecule has 2 aromatic carbocycles. The Labute approximate surface area is 202 Å². The van der Waals surface area contributed by atoms with Crippen LogP contribution in [0.2, 0.25) is 0 Å². The molecular formula is C29H34O5. The number of carbonyl (C=O) groups is 2. The summed E-state index contributed by atoms with van der Waals surface area (Å²) in [4.78, 5) is 24.0. The fourth-order valence-corrected chi connectivity index (χ4v) is 3.98. The van der Waals surface area contributed by atoms with E-state index in [0.717, 1.165) is 42.6 Å². The van der Waals surface area contributed by atoms with Gasteiger partial charge in [0.2, 0.25) is 0 Å². The van der Waals surface area contributed by atoms with E-state index in [4.69, 9.17) is 14.2 Å². The van der Waals surface area contributed by atoms with E-state index in [1.54, 1.807) is 19.3 Å². The summed E-state index contributed by atoms with van der Waals surface area (Å²) in [5, 5.41) is 0. The lowest BCUT2D eigenvalue weighted by Gasteiger charge is -2.28. The molecule has 2 aromatic rings. The van der Waals surface area contributed by atoms with Gasteiger partial charge in [-0.05, 0) is 93.3 Å². The summed E-state index contributed by atoms with van der Waals surface area (Å²) in [5.41, 5.74) is 2.66. The summed E-state index contributed by atoms with van der Waals surface area (Å²) in [6.45, 7) is 5.55. The fourth-order valence-electron chi connectivity index (χ4n) is 3.98. The van der Waals surface area contributed by atoms with Crippen LogP contribution in [0.25, 0.3) is 12.2 Å². The Kier molecular flexibility index (Phi) is 8.69. The number of benzene rings is 2. The second kappa shape index (κ2) is 11.7. The molecule has 3 rings (SSSR count). The largest absolute Gasteiger partial charge is 0.497 e. The van der Waals surface area contributed by atoms with Gasteiger partial charge in [-0.15, -0.1) is 0 Å². The van der Waals surface area contributed by atoms with Crippen molar-refractivity contribution < 1.29 is 23.8 Å². The van der Waals surface area contributed by atoms with Gasteiger partial charge in [0.15, 0.2) is 0 Å². The molecular weight excluding hydrogens is 428 g/mol. The summed E-state index contributed by atoms with van der Waals surface area (Å²) in [6, 6.07) is 15.8. The summed E-state index contributed by atoms with van der Waals surface area (Å²) < 4.78 is 16.1. The van der Waals surface area contributed by atoms with E-state index < -0.39 is 5.60 Å². The summed E-state index contributed by atoms with van der Waals surface area (Å²) in [6.07, 6.45) is 10.1. The maximum atomic E-state index is 12.2. The molecule has 0 saturated heterocycles. The summed E-state index contributed by atoms with van der Waals surface area (Å²) in [5.74, 6) is 0.584. The van der Waals surface area contributed by atoms with Gasteiger partial charge in [0.05, 0.1) is 7.11 Å². The van der Waals surface area contributed by atoms with Gasteiger partial charge in [-0.25, -0.2) is 9.59 Å². The SMILES string of the molecule is COc1ccc(/C=C/C(=O)OC2CCC(c3ccc(/C=C/C(=O)OC(C)(C)C)cc3)CC2)cc1. The average molecular weight is 463 g/mol. The molecule has 0 heterocycles. The smallest absolute Gasteiger partial charge is 0.331 e. The van der Waals surface area contributed by atoms with Crippen LogP contribution in [0.15, 0.2) is 60.7 Å². The van der Waals surface area contributed by atoms with Crippen molar-refractivity contribution in [2.45, 2.75) is 64.1 Å². The number of hydrogen-bond acceptors (Lipinski definition) is 5. The molecule has 0 N–H and O–H groups in total. The Bertz CT molecular complexity index is 1000. The maximum absolute atomic E-state index is 12.2. The minimum atomic E-state index is -0.495. The molecule has 1 saturated carbocycles. The third-order valence-corrected chi connectivity index (χ3v) is 5.71. The number of methoxy groups -OCH3 is 1. The van der Waals surface area contributed by atoms with Gasteiger partial charge in [-0.1, -0.05) is 36.4 Å². The van der Waals surface area contributed by atoms with Crippen LogP contribution < -0.4 is 4.74 Å². The van der Waals surface area contributed by atoms with Crippen LogP contribution in [0.3, 0.4) is 0 Å². The van der Waals surface area contributed by atoms with Gasteiger partial charge in [0.1, 0.15) is 17.5 Å². The highest BCUT2D eigenvalue weighted by Gasteiger charge is 2.24. The van der Waals surface area contributed by atoms with Gasteiger partial charge >= 0.3 is 11.9 Å². The normalized spacial score (nSPS) is 18.7. The second-order valence-corrected chi connectivity index (χ2v) is 9.55. The molecule has 0 bridgehead atoms. The molecule has 0 aromatic heterocycles. The van der Waals surface area contributed by atoms with Gasteiger partial charge in [0, 0.05) is 12.2 Å². The minimum Gasteiger partial charge on any atom is -0.497 e. The van der Waals surface area contributed by atoms with Crippen LogP contribution in [-0.2, 0) is 19.1 Å². The van der Waals surface area contributed by atoms with Crippen LogP contribution in [0.4, 0.5) is 0 Å². The molecule has 1 aliphatic rings. The van der Waals surface area contributed by atoms with Crippen molar-refractivity contribution >= 4 is 24.1 Å². The van der Waals surface area contributed by atoms with Crippen molar-refractivity contribution in [3.63, 3.8) is 0 Å². The first-order valence-electron chi connectivity index (χ1n) is 11.8. The first-order valence-corrected chi connectivity index (χ1v) is 11.8. The van der Waals surface area contributed by atoms with Gasteiger partial charge in [0.25, 0.3) is 0 Å². The monoisotopic (exact) mass is 462 g/mol. The molecule has 5 nitrogen and oxygen atoms in total. The Morgan fingerprint density at radius 3 is 1.85 bits per heavy atom. The molecule has 0 aliphatic heterocycles. The summed E-state index contributed by atoms with van der Waals surface area (Å²) in [7, 11) is 1.62. The lowest BCUT2D eigenvalue weighted by atomic mass is 9.82. The van der Waals surface area contributed by atoms with Gasteiger partial charge < -0.3 is 14.2 Å². The number of ether oxygens (including phenoxy) is 3.